The largest absolute Gasteiger partial charge is 0.378 e. The number of hydrogen-bond donors (Lipinski definition) is 1. The minimum absolute atomic E-state index is 0.0654. The maximum atomic E-state index is 5.76. The Bertz CT molecular complexity index is 626. The summed E-state index contributed by atoms with van der Waals surface area (Å²) in [5, 5.41) is 3.70. The summed E-state index contributed by atoms with van der Waals surface area (Å²) in [7, 11) is 1.81. The van der Waals surface area contributed by atoms with Crippen molar-refractivity contribution in [1.29, 1.82) is 0 Å². The molecule has 2 atom stereocenters. The first-order valence-corrected chi connectivity index (χ1v) is 9.54. The Morgan fingerprint density at radius 3 is 2.42 bits per heavy atom. The second kappa shape index (κ2) is 7.39. The van der Waals surface area contributed by atoms with Crippen molar-refractivity contribution >= 4 is 11.9 Å². The van der Waals surface area contributed by atoms with Crippen molar-refractivity contribution in [3.8, 4) is 0 Å². The number of nitrogens with one attached hydrogen (secondary N) is 1. The van der Waals surface area contributed by atoms with Gasteiger partial charge in [-0.2, -0.15) is 0 Å². The van der Waals surface area contributed by atoms with Crippen LogP contribution >= 0.6 is 0 Å². The molecule has 1 aromatic rings. The van der Waals surface area contributed by atoms with Gasteiger partial charge < -0.3 is 19.9 Å². The number of piperazine rings is 1. The molecule has 0 aromatic carbocycles. The van der Waals surface area contributed by atoms with Crippen molar-refractivity contribution in [1.82, 2.24) is 20.2 Å². The van der Waals surface area contributed by atoms with E-state index in [0.29, 0.717) is 6.04 Å². The summed E-state index contributed by atoms with van der Waals surface area (Å²) in [6, 6.07) is 2.22. The average molecular weight is 361 g/mol. The van der Waals surface area contributed by atoms with Crippen LogP contribution in [0.5, 0.6) is 0 Å². The van der Waals surface area contributed by atoms with E-state index in [4.69, 9.17) is 9.73 Å². The molecule has 144 valence electrons. The van der Waals surface area contributed by atoms with Gasteiger partial charge in [0.05, 0.1) is 5.60 Å². The van der Waals surface area contributed by atoms with Crippen LogP contribution in [0.15, 0.2) is 23.5 Å². The third-order valence-corrected chi connectivity index (χ3v) is 6.30. The molecule has 2 fully saturated rings. The molecule has 7 heteroatoms. The summed E-state index contributed by atoms with van der Waals surface area (Å²) in [5.74, 6) is 1.82. The zero-order valence-electron chi connectivity index (χ0n) is 16.7. The first-order chi connectivity index (χ1) is 12.4. The van der Waals surface area contributed by atoms with E-state index < -0.39 is 0 Å². The number of ether oxygens (including phenoxy) is 1. The average Bonchev–Trinajstić information content (AvgIpc) is 2.67. The zero-order valence-corrected chi connectivity index (χ0v) is 16.7. The highest BCUT2D eigenvalue weighted by atomic mass is 16.5. The number of anilines is 1. The van der Waals surface area contributed by atoms with Crippen molar-refractivity contribution in [3.63, 3.8) is 0 Å². The summed E-state index contributed by atoms with van der Waals surface area (Å²) in [4.78, 5) is 18.0. The van der Waals surface area contributed by atoms with Gasteiger partial charge in [-0.05, 0) is 26.3 Å². The Hall–Kier alpha value is -1.89. The molecule has 1 N–H and O–H groups in total. The topological polar surface area (TPSA) is 65.9 Å². The van der Waals surface area contributed by atoms with E-state index in [9.17, 15) is 0 Å². The Labute approximate surface area is 156 Å². The smallest absolute Gasteiger partial charge is 0.225 e. The Morgan fingerprint density at radius 1 is 1.23 bits per heavy atom. The third-order valence-electron chi connectivity index (χ3n) is 6.30. The van der Waals surface area contributed by atoms with Crippen molar-refractivity contribution in [2.24, 2.45) is 10.4 Å². The highest BCUT2D eigenvalue weighted by molar-refractivity contribution is 5.81. The van der Waals surface area contributed by atoms with Gasteiger partial charge in [0, 0.05) is 63.7 Å². The molecule has 1 aliphatic carbocycles. The lowest BCUT2D eigenvalue weighted by Crippen LogP contribution is -2.70. The molecule has 2 aliphatic rings. The maximum absolute atomic E-state index is 5.76. The standard InChI is InChI=1S/C19H32N6O/c1-6-20-17(23-15-14-19(4,26-5)18(15,2)3)25-12-10-24(11-13-25)16-21-8-7-9-22-16/h7-9,15H,6,10-14H2,1-5H3,(H,20,23). The summed E-state index contributed by atoms with van der Waals surface area (Å²) < 4.78 is 5.76. The van der Waals surface area contributed by atoms with Crippen LogP contribution in [-0.2, 0) is 4.74 Å². The van der Waals surface area contributed by atoms with Crippen LogP contribution < -0.4 is 10.2 Å². The first kappa shape index (κ1) is 18.9. The molecular weight excluding hydrogens is 328 g/mol. The normalized spacial score (nSPS) is 28.7. The quantitative estimate of drug-likeness (QED) is 0.652. The van der Waals surface area contributed by atoms with Crippen molar-refractivity contribution < 1.29 is 4.74 Å². The monoisotopic (exact) mass is 360 g/mol. The molecule has 0 radical (unpaired) electrons. The number of aliphatic imine (C=N–C) groups is 1. The van der Waals surface area contributed by atoms with Crippen molar-refractivity contribution in [2.45, 2.75) is 45.8 Å². The summed E-state index contributed by atoms with van der Waals surface area (Å²) in [5.41, 5.74) is -0.0126. The van der Waals surface area contributed by atoms with Gasteiger partial charge in [-0.3, -0.25) is 4.99 Å². The molecule has 26 heavy (non-hydrogen) atoms. The van der Waals surface area contributed by atoms with E-state index >= 15 is 0 Å². The predicted octanol–water partition coefficient (Wildman–Crippen LogP) is 1.77. The van der Waals surface area contributed by atoms with Gasteiger partial charge >= 0.3 is 0 Å². The van der Waals surface area contributed by atoms with E-state index in [1.807, 2.05) is 13.2 Å². The van der Waals surface area contributed by atoms with Crippen LogP contribution in [0.2, 0.25) is 0 Å². The van der Waals surface area contributed by atoms with E-state index in [2.05, 4.69) is 52.8 Å². The molecule has 1 aliphatic heterocycles. The second-order valence-corrected chi connectivity index (χ2v) is 7.88. The van der Waals surface area contributed by atoms with Crippen LogP contribution in [0.25, 0.3) is 0 Å². The van der Waals surface area contributed by atoms with Crippen LogP contribution in [0.4, 0.5) is 5.95 Å². The Balaban J connectivity index is 1.61. The third kappa shape index (κ3) is 3.37. The van der Waals surface area contributed by atoms with Crippen LogP contribution in [0.1, 0.15) is 34.1 Å². The molecule has 3 rings (SSSR count). The highest BCUT2D eigenvalue weighted by Crippen LogP contribution is 2.51. The number of methoxy groups -OCH3 is 1. The van der Waals surface area contributed by atoms with Gasteiger partial charge in [0.25, 0.3) is 0 Å². The van der Waals surface area contributed by atoms with E-state index in [0.717, 1.165) is 51.1 Å². The molecule has 1 saturated carbocycles. The Kier molecular flexibility index (Phi) is 5.37. The second-order valence-electron chi connectivity index (χ2n) is 7.88. The molecule has 1 saturated heterocycles. The predicted molar refractivity (Wildman–Crippen MR) is 105 cm³/mol. The number of hydrogen-bond acceptors (Lipinski definition) is 5. The summed E-state index contributed by atoms with van der Waals surface area (Å²) in [6.45, 7) is 13.2. The van der Waals surface area contributed by atoms with Gasteiger partial charge in [0.2, 0.25) is 5.95 Å². The van der Waals surface area contributed by atoms with E-state index in [1.165, 1.54) is 0 Å². The fourth-order valence-electron chi connectivity index (χ4n) is 3.84. The molecule has 0 bridgehead atoms. The van der Waals surface area contributed by atoms with Crippen molar-refractivity contribution in [2.75, 3.05) is 44.7 Å². The number of rotatable bonds is 4. The molecule has 0 spiro atoms. The maximum Gasteiger partial charge on any atom is 0.225 e. The molecular formula is C19H32N6O. The van der Waals surface area contributed by atoms with E-state index in [-0.39, 0.29) is 11.0 Å². The van der Waals surface area contributed by atoms with Gasteiger partial charge in [-0.15, -0.1) is 0 Å². The van der Waals surface area contributed by atoms with Gasteiger partial charge in [0.1, 0.15) is 0 Å². The van der Waals surface area contributed by atoms with Gasteiger partial charge in [0.15, 0.2) is 5.96 Å². The molecule has 2 unspecified atom stereocenters. The lowest BCUT2D eigenvalue weighted by molar-refractivity contribution is -0.177. The summed E-state index contributed by atoms with van der Waals surface area (Å²) in [6.07, 6.45) is 4.59. The minimum atomic E-state index is -0.0780. The summed E-state index contributed by atoms with van der Waals surface area (Å²) >= 11 is 0. The molecule has 7 nitrogen and oxygen atoms in total. The lowest BCUT2D eigenvalue weighted by Gasteiger charge is -2.59. The number of nitrogens with zero attached hydrogens (tertiary/aromatic N) is 5. The van der Waals surface area contributed by atoms with Crippen LogP contribution in [-0.4, -0.2) is 72.3 Å². The molecule has 1 aromatic heterocycles. The van der Waals surface area contributed by atoms with Gasteiger partial charge in [-0.25, -0.2) is 9.97 Å². The zero-order chi connectivity index (χ0) is 18.8. The van der Waals surface area contributed by atoms with E-state index in [1.54, 1.807) is 12.4 Å². The SMILES string of the molecule is CCN=C(NC1CC(C)(OC)C1(C)C)N1CCN(c2ncccn2)CC1. The minimum Gasteiger partial charge on any atom is -0.378 e. The Morgan fingerprint density at radius 2 is 1.88 bits per heavy atom. The lowest BCUT2D eigenvalue weighted by atomic mass is 9.56. The highest BCUT2D eigenvalue weighted by Gasteiger charge is 2.58. The fourth-order valence-corrected chi connectivity index (χ4v) is 3.84. The van der Waals surface area contributed by atoms with Crippen LogP contribution in [0, 0.1) is 5.41 Å². The number of guanidine groups is 1. The number of aromatic nitrogens is 2. The molecule has 0 amide bonds. The fraction of sp³-hybridized carbons (Fsp3) is 0.737. The van der Waals surface area contributed by atoms with Crippen LogP contribution in [0.3, 0.4) is 0 Å². The molecule has 2 heterocycles. The van der Waals surface area contributed by atoms with Crippen molar-refractivity contribution in [3.05, 3.63) is 18.5 Å². The van der Waals surface area contributed by atoms with Gasteiger partial charge in [-0.1, -0.05) is 13.8 Å². The first-order valence-electron chi connectivity index (χ1n) is 9.54.